The van der Waals surface area contributed by atoms with Gasteiger partial charge in [0.15, 0.2) is 0 Å². The summed E-state index contributed by atoms with van der Waals surface area (Å²) in [6.45, 7) is 6.81. The summed E-state index contributed by atoms with van der Waals surface area (Å²) in [7, 11) is 1.69. The van der Waals surface area contributed by atoms with Gasteiger partial charge in [0.2, 0.25) is 0 Å². The van der Waals surface area contributed by atoms with Crippen LogP contribution in [0, 0.1) is 13.8 Å². The molecule has 0 bridgehead atoms. The normalized spacial score (nSPS) is 12.2. The molecule has 1 unspecified atom stereocenters. The van der Waals surface area contributed by atoms with Gasteiger partial charge in [-0.2, -0.15) is 0 Å². The fraction of sp³-hybridized carbons (Fsp3) is 0.353. The minimum Gasteiger partial charge on any atom is -0.496 e. The molecular formula is C17H21ClN2O. The zero-order chi connectivity index (χ0) is 15.4. The zero-order valence-corrected chi connectivity index (χ0v) is 13.7. The molecule has 1 aromatic heterocycles. The molecule has 0 radical (unpaired) electrons. The van der Waals surface area contributed by atoms with E-state index >= 15 is 0 Å². The van der Waals surface area contributed by atoms with Gasteiger partial charge in [0.1, 0.15) is 5.75 Å². The number of aromatic nitrogens is 1. The summed E-state index contributed by atoms with van der Waals surface area (Å²) < 4.78 is 5.44. The standard InChI is InChI=1S/C17H21ClN2O/c1-11-9-20-16(12(2)17(11)21-4)10-19-13(3)14-7-5-6-8-15(14)18/h5-9,13,19H,10H2,1-4H3. The number of aryl methyl sites for hydroxylation is 1. The van der Waals surface area contributed by atoms with Crippen LogP contribution in [0.4, 0.5) is 0 Å². The third-order valence-corrected chi connectivity index (χ3v) is 4.04. The molecule has 2 rings (SSSR count). The van der Waals surface area contributed by atoms with E-state index < -0.39 is 0 Å². The highest BCUT2D eigenvalue weighted by Gasteiger charge is 2.12. The first-order valence-corrected chi connectivity index (χ1v) is 7.39. The molecule has 0 aliphatic rings. The van der Waals surface area contributed by atoms with Crippen molar-refractivity contribution < 1.29 is 4.74 Å². The lowest BCUT2D eigenvalue weighted by Crippen LogP contribution is -2.20. The Hall–Kier alpha value is -1.58. The quantitative estimate of drug-likeness (QED) is 0.898. The smallest absolute Gasteiger partial charge is 0.128 e. The molecule has 0 aliphatic carbocycles. The average molecular weight is 305 g/mol. The second kappa shape index (κ2) is 6.92. The molecular weight excluding hydrogens is 284 g/mol. The van der Waals surface area contributed by atoms with Crippen molar-refractivity contribution in [2.24, 2.45) is 0 Å². The van der Waals surface area contributed by atoms with E-state index in [4.69, 9.17) is 16.3 Å². The van der Waals surface area contributed by atoms with Crippen LogP contribution in [0.2, 0.25) is 5.02 Å². The molecule has 0 spiro atoms. The van der Waals surface area contributed by atoms with E-state index in [0.29, 0.717) is 6.54 Å². The summed E-state index contributed by atoms with van der Waals surface area (Å²) in [4.78, 5) is 4.50. The topological polar surface area (TPSA) is 34.1 Å². The number of rotatable bonds is 5. The Labute approximate surface area is 131 Å². The van der Waals surface area contributed by atoms with Gasteiger partial charge in [-0.25, -0.2) is 0 Å². The first kappa shape index (κ1) is 15.8. The van der Waals surface area contributed by atoms with Crippen LogP contribution in [0.15, 0.2) is 30.5 Å². The molecule has 112 valence electrons. The predicted molar refractivity (Wildman–Crippen MR) is 87.0 cm³/mol. The highest BCUT2D eigenvalue weighted by molar-refractivity contribution is 6.31. The van der Waals surface area contributed by atoms with Gasteiger partial charge >= 0.3 is 0 Å². The van der Waals surface area contributed by atoms with Crippen LogP contribution < -0.4 is 10.1 Å². The SMILES string of the molecule is COc1c(C)cnc(CNC(C)c2ccccc2Cl)c1C. The van der Waals surface area contributed by atoms with E-state index in [1.807, 2.05) is 44.3 Å². The van der Waals surface area contributed by atoms with Crippen LogP contribution in [0.5, 0.6) is 5.75 Å². The van der Waals surface area contributed by atoms with E-state index in [1.54, 1.807) is 7.11 Å². The van der Waals surface area contributed by atoms with Gasteiger partial charge in [-0.1, -0.05) is 29.8 Å². The molecule has 1 N–H and O–H groups in total. The lowest BCUT2D eigenvalue weighted by atomic mass is 10.1. The van der Waals surface area contributed by atoms with Crippen LogP contribution in [0.3, 0.4) is 0 Å². The molecule has 1 aromatic carbocycles. The van der Waals surface area contributed by atoms with Crippen LogP contribution in [0.1, 0.15) is 35.3 Å². The molecule has 1 atom stereocenters. The molecule has 3 nitrogen and oxygen atoms in total. The summed E-state index contributed by atoms with van der Waals surface area (Å²) in [6, 6.07) is 8.04. The number of halogens is 1. The Balaban J connectivity index is 2.12. The molecule has 0 saturated heterocycles. The highest BCUT2D eigenvalue weighted by Crippen LogP contribution is 2.25. The maximum atomic E-state index is 6.22. The number of nitrogens with zero attached hydrogens (tertiary/aromatic N) is 1. The van der Waals surface area contributed by atoms with Gasteiger partial charge in [-0.15, -0.1) is 0 Å². The molecule has 0 aliphatic heterocycles. The number of methoxy groups -OCH3 is 1. The van der Waals surface area contributed by atoms with E-state index in [0.717, 1.165) is 33.2 Å². The van der Waals surface area contributed by atoms with Gasteiger partial charge in [-0.05, 0) is 32.4 Å². The van der Waals surface area contributed by atoms with Gasteiger partial charge in [0.05, 0.1) is 12.8 Å². The molecule has 21 heavy (non-hydrogen) atoms. The van der Waals surface area contributed by atoms with Crippen molar-refractivity contribution >= 4 is 11.6 Å². The maximum Gasteiger partial charge on any atom is 0.128 e. The van der Waals surface area contributed by atoms with Crippen molar-refractivity contribution in [2.75, 3.05) is 7.11 Å². The second-order valence-corrected chi connectivity index (χ2v) is 5.58. The van der Waals surface area contributed by atoms with Crippen molar-refractivity contribution in [3.8, 4) is 5.75 Å². The first-order valence-electron chi connectivity index (χ1n) is 7.01. The first-order chi connectivity index (χ1) is 10.0. The molecule has 0 amide bonds. The van der Waals surface area contributed by atoms with E-state index in [2.05, 4.69) is 17.2 Å². The molecule has 0 fully saturated rings. The largest absolute Gasteiger partial charge is 0.496 e. The maximum absolute atomic E-state index is 6.22. The lowest BCUT2D eigenvalue weighted by Gasteiger charge is -2.17. The van der Waals surface area contributed by atoms with Crippen LogP contribution in [-0.4, -0.2) is 12.1 Å². The number of pyridine rings is 1. The predicted octanol–water partition coefficient (Wildman–Crippen LogP) is 4.21. The summed E-state index contributed by atoms with van der Waals surface area (Å²) in [5, 5.41) is 4.25. The van der Waals surface area contributed by atoms with Crippen LogP contribution in [0.25, 0.3) is 0 Å². The summed E-state index contributed by atoms with van der Waals surface area (Å²) in [5.41, 5.74) is 4.22. The highest BCUT2D eigenvalue weighted by atomic mass is 35.5. The third kappa shape index (κ3) is 3.55. The van der Waals surface area contributed by atoms with Crippen molar-refractivity contribution in [2.45, 2.75) is 33.4 Å². The molecule has 1 heterocycles. The minimum atomic E-state index is 0.159. The molecule has 4 heteroatoms. The number of nitrogens with one attached hydrogen (secondary N) is 1. The summed E-state index contributed by atoms with van der Waals surface area (Å²) >= 11 is 6.22. The van der Waals surface area contributed by atoms with E-state index in [1.165, 1.54) is 0 Å². The van der Waals surface area contributed by atoms with Gasteiger partial charge in [-0.3, -0.25) is 4.98 Å². The Morgan fingerprint density at radius 1 is 1.29 bits per heavy atom. The summed E-state index contributed by atoms with van der Waals surface area (Å²) in [5.74, 6) is 0.909. The lowest BCUT2D eigenvalue weighted by molar-refractivity contribution is 0.406. The van der Waals surface area contributed by atoms with Crippen LogP contribution >= 0.6 is 11.6 Å². The Kier molecular flexibility index (Phi) is 5.21. The van der Waals surface area contributed by atoms with Gasteiger partial charge in [0.25, 0.3) is 0 Å². The van der Waals surface area contributed by atoms with Crippen molar-refractivity contribution in [1.29, 1.82) is 0 Å². The zero-order valence-electron chi connectivity index (χ0n) is 12.9. The second-order valence-electron chi connectivity index (χ2n) is 5.17. The number of hydrogen-bond donors (Lipinski definition) is 1. The fourth-order valence-corrected chi connectivity index (χ4v) is 2.73. The molecule has 2 aromatic rings. The Morgan fingerprint density at radius 3 is 2.67 bits per heavy atom. The van der Waals surface area contributed by atoms with Gasteiger partial charge < -0.3 is 10.1 Å². The fourth-order valence-electron chi connectivity index (χ4n) is 2.44. The monoisotopic (exact) mass is 304 g/mol. The van der Waals surface area contributed by atoms with Crippen molar-refractivity contribution in [3.63, 3.8) is 0 Å². The minimum absolute atomic E-state index is 0.159. The van der Waals surface area contributed by atoms with Gasteiger partial charge in [0, 0.05) is 34.9 Å². The van der Waals surface area contributed by atoms with Crippen molar-refractivity contribution in [1.82, 2.24) is 10.3 Å². The average Bonchev–Trinajstić information content (AvgIpc) is 2.47. The summed E-state index contributed by atoms with van der Waals surface area (Å²) in [6.07, 6.45) is 1.85. The van der Waals surface area contributed by atoms with Crippen LogP contribution in [-0.2, 0) is 6.54 Å². The Bertz CT molecular complexity index is 628. The number of hydrogen-bond acceptors (Lipinski definition) is 3. The van der Waals surface area contributed by atoms with E-state index in [9.17, 15) is 0 Å². The van der Waals surface area contributed by atoms with Crippen molar-refractivity contribution in [3.05, 3.63) is 57.9 Å². The molecule has 0 saturated carbocycles. The third-order valence-electron chi connectivity index (χ3n) is 3.70. The number of benzene rings is 1. The number of ether oxygens (including phenoxy) is 1. The van der Waals surface area contributed by atoms with E-state index in [-0.39, 0.29) is 6.04 Å². The Morgan fingerprint density at radius 2 is 2.00 bits per heavy atom.